The van der Waals surface area contributed by atoms with E-state index in [1.54, 1.807) is 0 Å². The molecule has 0 saturated heterocycles. The van der Waals surface area contributed by atoms with Crippen LogP contribution >= 0.6 is 23.1 Å². The molecular weight excluding hydrogens is 412 g/mol. The summed E-state index contributed by atoms with van der Waals surface area (Å²) in [7, 11) is 0. The topological polar surface area (TPSA) is 59.8 Å². The van der Waals surface area contributed by atoms with E-state index in [1.165, 1.54) is 40.6 Å². The molecule has 1 aliphatic rings. The van der Waals surface area contributed by atoms with Crippen LogP contribution in [-0.4, -0.2) is 26.4 Å². The van der Waals surface area contributed by atoms with E-state index in [9.17, 15) is 4.79 Å². The summed E-state index contributed by atoms with van der Waals surface area (Å²) in [5.41, 5.74) is 5.71. The highest BCUT2D eigenvalue weighted by atomic mass is 32.2. The van der Waals surface area contributed by atoms with Gasteiger partial charge in [-0.3, -0.25) is 9.36 Å². The number of carbonyl (C=O) groups excluding carboxylic acids is 1. The minimum atomic E-state index is -0.0485. The predicted octanol–water partition coefficient (Wildman–Crippen LogP) is 5.42. The molecule has 1 N–H and O–H groups in total. The van der Waals surface area contributed by atoms with Gasteiger partial charge in [-0.2, -0.15) is 0 Å². The Bertz CT molecular complexity index is 1060. The van der Waals surface area contributed by atoms with Gasteiger partial charge >= 0.3 is 0 Å². The van der Waals surface area contributed by atoms with Crippen LogP contribution in [0.5, 0.6) is 0 Å². The molecule has 2 heterocycles. The fourth-order valence-electron chi connectivity index (χ4n) is 3.94. The third-order valence-corrected chi connectivity index (χ3v) is 7.22. The van der Waals surface area contributed by atoms with Crippen molar-refractivity contribution in [3.8, 4) is 11.4 Å². The first-order valence-corrected chi connectivity index (χ1v) is 12.1. The fourth-order valence-corrected chi connectivity index (χ4v) is 5.82. The number of nitrogens with one attached hydrogen (secondary N) is 1. The van der Waals surface area contributed by atoms with Crippen molar-refractivity contribution in [2.45, 2.75) is 51.2 Å². The predicted molar refractivity (Wildman–Crippen MR) is 125 cm³/mol. The number of benzene rings is 1. The van der Waals surface area contributed by atoms with Crippen molar-refractivity contribution < 1.29 is 4.79 Å². The Morgan fingerprint density at radius 1 is 1.23 bits per heavy atom. The molecule has 1 amide bonds. The lowest BCUT2D eigenvalue weighted by atomic mass is 9.95. The van der Waals surface area contributed by atoms with E-state index >= 15 is 0 Å². The monoisotopic (exact) mass is 438 g/mol. The largest absolute Gasteiger partial charge is 0.325 e. The number of thiophene rings is 1. The van der Waals surface area contributed by atoms with Gasteiger partial charge in [-0.15, -0.1) is 28.1 Å². The van der Waals surface area contributed by atoms with Gasteiger partial charge in [0.1, 0.15) is 0 Å². The second kappa shape index (κ2) is 9.18. The minimum Gasteiger partial charge on any atom is -0.325 e. The molecule has 0 spiro atoms. The van der Waals surface area contributed by atoms with Crippen LogP contribution in [0.3, 0.4) is 0 Å². The van der Waals surface area contributed by atoms with Crippen LogP contribution in [-0.2, 0) is 24.2 Å². The number of rotatable bonds is 7. The average Bonchev–Trinajstić information content (AvgIpc) is 3.30. The van der Waals surface area contributed by atoms with E-state index in [0.717, 1.165) is 40.6 Å². The van der Waals surface area contributed by atoms with Crippen molar-refractivity contribution in [1.82, 2.24) is 14.8 Å². The van der Waals surface area contributed by atoms with Crippen molar-refractivity contribution in [1.29, 1.82) is 0 Å². The summed E-state index contributed by atoms with van der Waals surface area (Å²) in [5, 5.41) is 14.8. The summed E-state index contributed by atoms with van der Waals surface area (Å²) < 4.78 is 2.07. The van der Waals surface area contributed by atoms with E-state index in [1.807, 2.05) is 43.4 Å². The van der Waals surface area contributed by atoms with Crippen molar-refractivity contribution in [2.75, 3.05) is 11.1 Å². The van der Waals surface area contributed by atoms with Gasteiger partial charge in [0.15, 0.2) is 11.0 Å². The summed E-state index contributed by atoms with van der Waals surface area (Å²) >= 11 is 3.24. The molecule has 5 nitrogen and oxygen atoms in total. The molecule has 0 saturated carbocycles. The smallest absolute Gasteiger partial charge is 0.234 e. The first kappa shape index (κ1) is 20.9. The van der Waals surface area contributed by atoms with E-state index in [0.29, 0.717) is 6.54 Å². The van der Waals surface area contributed by atoms with Crippen molar-refractivity contribution >= 4 is 34.7 Å². The zero-order valence-electron chi connectivity index (χ0n) is 17.4. The zero-order valence-corrected chi connectivity index (χ0v) is 19.0. The molecule has 0 aliphatic heterocycles. The number of allylic oxidation sites excluding steroid dienone is 1. The highest BCUT2D eigenvalue weighted by Crippen LogP contribution is 2.36. The summed E-state index contributed by atoms with van der Waals surface area (Å²) in [6.45, 7) is 8.57. The van der Waals surface area contributed by atoms with E-state index in [4.69, 9.17) is 0 Å². The lowest BCUT2D eigenvalue weighted by molar-refractivity contribution is -0.113. The maximum atomic E-state index is 12.5. The van der Waals surface area contributed by atoms with Gasteiger partial charge < -0.3 is 5.32 Å². The second-order valence-corrected chi connectivity index (χ2v) is 9.58. The Morgan fingerprint density at radius 2 is 2.00 bits per heavy atom. The molecule has 156 valence electrons. The maximum Gasteiger partial charge on any atom is 0.234 e. The SMILES string of the molecule is C=CCn1c(SCC(=O)Nc2cc(C)cc(C)c2)nnc1-c1csc2c1CCCC2. The molecule has 0 radical (unpaired) electrons. The molecule has 1 aliphatic carbocycles. The molecule has 0 bridgehead atoms. The van der Waals surface area contributed by atoms with E-state index in [2.05, 4.69) is 38.1 Å². The number of hydrogen-bond donors (Lipinski definition) is 1. The first-order chi connectivity index (χ1) is 14.5. The van der Waals surface area contributed by atoms with Gasteiger partial charge in [-0.25, -0.2) is 0 Å². The van der Waals surface area contributed by atoms with Crippen LogP contribution in [0.4, 0.5) is 5.69 Å². The van der Waals surface area contributed by atoms with Gasteiger partial charge in [-0.1, -0.05) is 23.9 Å². The Kier molecular flexibility index (Phi) is 6.39. The van der Waals surface area contributed by atoms with Gasteiger partial charge in [-0.05, 0) is 68.4 Å². The van der Waals surface area contributed by atoms with Crippen LogP contribution in [0.2, 0.25) is 0 Å². The van der Waals surface area contributed by atoms with Crippen LogP contribution < -0.4 is 5.32 Å². The average molecular weight is 439 g/mol. The van der Waals surface area contributed by atoms with Gasteiger partial charge in [0.2, 0.25) is 5.91 Å². The number of carbonyl (C=O) groups is 1. The van der Waals surface area contributed by atoms with Crippen LogP contribution in [0, 0.1) is 13.8 Å². The minimum absolute atomic E-state index is 0.0485. The highest BCUT2D eigenvalue weighted by molar-refractivity contribution is 7.99. The number of amides is 1. The van der Waals surface area contributed by atoms with Gasteiger partial charge in [0.25, 0.3) is 0 Å². The summed E-state index contributed by atoms with van der Waals surface area (Å²) in [4.78, 5) is 14.0. The molecule has 4 rings (SSSR count). The van der Waals surface area contributed by atoms with Crippen molar-refractivity contribution in [3.05, 3.63) is 57.8 Å². The lowest BCUT2D eigenvalue weighted by Crippen LogP contribution is -2.15. The molecule has 0 atom stereocenters. The highest BCUT2D eigenvalue weighted by Gasteiger charge is 2.22. The fraction of sp³-hybridized carbons (Fsp3) is 0.348. The Morgan fingerprint density at radius 3 is 2.77 bits per heavy atom. The number of hydrogen-bond acceptors (Lipinski definition) is 5. The summed E-state index contributed by atoms with van der Waals surface area (Å²) in [6, 6.07) is 6.05. The van der Waals surface area contributed by atoms with E-state index in [-0.39, 0.29) is 11.7 Å². The van der Waals surface area contributed by atoms with Crippen LogP contribution in [0.15, 0.2) is 41.4 Å². The molecule has 0 fully saturated rings. The van der Waals surface area contributed by atoms with Crippen LogP contribution in [0.1, 0.15) is 34.4 Å². The normalized spacial score (nSPS) is 13.1. The zero-order chi connectivity index (χ0) is 21.1. The molecule has 3 aromatic rings. The van der Waals surface area contributed by atoms with Gasteiger partial charge in [0, 0.05) is 28.1 Å². The molecule has 30 heavy (non-hydrogen) atoms. The second-order valence-electron chi connectivity index (χ2n) is 7.68. The standard InChI is InChI=1S/C23H26N4OS2/c1-4-9-27-22(19-13-29-20-8-6-5-7-18(19)20)25-26-23(27)30-14-21(28)24-17-11-15(2)10-16(3)12-17/h4,10-13H,1,5-9,14H2,2-3H3,(H,24,28). The maximum absolute atomic E-state index is 12.5. The van der Waals surface area contributed by atoms with Gasteiger partial charge in [0.05, 0.1) is 5.75 Å². The number of anilines is 1. The number of thioether (sulfide) groups is 1. The lowest BCUT2D eigenvalue weighted by Gasteiger charge is -2.13. The Hall–Kier alpha value is -2.38. The molecule has 0 unspecified atom stereocenters. The third kappa shape index (κ3) is 4.52. The van der Waals surface area contributed by atoms with Crippen LogP contribution in [0.25, 0.3) is 11.4 Å². The third-order valence-electron chi connectivity index (χ3n) is 5.17. The number of aryl methyl sites for hydroxylation is 3. The number of aromatic nitrogens is 3. The Labute approximate surface area is 185 Å². The summed E-state index contributed by atoms with van der Waals surface area (Å²) in [5.74, 6) is 1.11. The molecule has 2 aromatic heterocycles. The molecule has 1 aromatic carbocycles. The van der Waals surface area contributed by atoms with Crippen molar-refractivity contribution in [2.24, 2.45) is 0 Å². The Balaban J connectivity index is 1.50. The number of fused-ring (bicyclic) bond motifs is 1. The van der Waals surface area contributed by atoms with Crippen molar-refractivity contribution in [3.63, 3.8) is 0 Å². The quantitative estimate of drug-likeness (QED) is 0.395. The molecule has 7 heteroatoms. The summed E-state index contributed by atoms with van der Waals surface area (Å²) in [6.07, 6.45) is 6.62. The number of nitrogens with zero attached hydrogens (tertiary/aromatic N) is 3. The first-order valence-electron chi connectivity index (χ1n) is 10.2. The van der Waals surface area contributed by atoms with E-state index < -0.39 is 0 Å². The molecular formula is C23H26N4OS2.